The Labute approximate surface area is 288 Å². The lowest BCUT2D eigenvalue weighted by molar-refractivity contribution is 0.454. The molecule has 49 heavy (non-hydrogen) atoms. The van der Waals surface area contributed by atoms with Gasteiger partial charge in [-0.25, -0.2) is 0 Å². The molecule has 3 heterocycles. The number of benzene rings is 6. The van der Waals surface area contributed by atoms with Crippen LogP contribution in [0.25, 0.3) is 32.9 Å². The molecule has 2 aliphatic heterocycles. The second-order valence-electron chi connectivity index (χ2n) is 15.4. The highest BCUT2D eigenvalue weighted by Gasteiger charge is 2.42. The molecular weight excluding hydrogens is 601 g/mol. The lowest BCUT2D eigenvalue weighted by Gasteiger charge is -2.34. The summed E-state index contributed by atoms with van der Waals surface area (Å²) < 4.78 is 22.2. The maximum absolute atomic E-state index is 6.87. The molecule has 9 rings (SSSR count). The molecule has 7 aromatic rings. The molecule has 0 N–H and O–H groups in total. The molecule has 0 unspecified atom stereocenters. The molecule has 1 aromatic heterocycles. The van der Waals surface area contributed by atoms with Gasteiger partial charge < -0.3 is 18.7 Å². The molecular formula is C44H38BNO3. The summed E-state index contributed by atoms with van der Waals surface area (Å²) in [5.41, 5.74) is 9.68. The van der Waals surface area contributed by atoms with Gasteiger partial charge in [0.25, 0.3) is 0 Å². The zero-order valence-corrected chi connectivity index (χ0v) is 28.8. The van der Waals surface area contributed by atoms with Gasteiger partial charge in [0.05, 0.1) is 0 Å². The number of rotatable bonds is 4. The predicted octanol–water partition coefficient (Wildman–Crippen LogP) is 10.7. The molecule has 0 fully saturated rings. The molecule has 0 aliphatic carbocycles. The van der Waals surface area contributed by atoms with Crippen molar-refractivity contribution in [1.29, 1.82) is 0 Å². The van der Waals surface area contributed by atoms with Crippen molar-refractivity contribution in [1.82, 2.24) is 4.48 Å². The van der Waals surface area contributed by atoms with Crippen molar-refractivity contribution in [3.05, 3.63) is 132 Å². The van der Waals surface area contributed by atoms with Crippen molar-refractivity contribution in [3.8, 4) is 45.6 Å². The van der Waals surface area contributed by atoms with E-state index in [9.17, 15) is 0 Å². The Morgan fingerprint density at radius 2 is 1.16 bits per heavy atom. The summed E-state index contributed by atoms with van der Waals surface area (Å²) in [4.78, 5) is 0. The highest BCUT2D eigenvalue weighted by molar-refractivity contribution is 6.88. The summed E-state index contributed by atoms with van der Waals surface area (Å²) in [6.07, 6.45) is 0. The van der Waals surface area contributed by atoms with Crippen LogP contribution >= 0.6 is 0 Å². The van der Waals surface area contributed by atoms with Gasteiger partial charge >= 0.3 is 6.85 Å². The third-order valence-corrected chi connectivity index (χ3v) is 10.0. The monoisotopic (exact) mass is 639 g/mol. The number of nitrogens with zero attached hydrogens (tertiary/aromatic N) is 1. The second kappa shape index (κ2) is 10.5. The highest BCUT2D eigenvalue weighted by Crippen LogP contribution is 2.47. The number of fused-ring (bicyclic) bond motifs is 7. The first-order valence-electron chi connectivity index (χ1n) is 17.1. The molecule has 0 spiro atoms. The van der Waals surface area contributed by atoms with Gasteiger partial charge in [-0.05, 0) is 93.6 Å². The lowest BCUT2D eigenvalue weighted by Crippen LogP contribution is -2.54. The van der Waals surface area contributed by atoms with Crippen LogP contribution in [-0.4, -0.2) is 11.3 Å². The molecule has 2 aliphatic rings. The van der Waals surface area contributed by atoms with Gasteiger partial charge in [0.15, 0.2) is 0 Å². The number of ether oxygens (including phenoxy) is 3. The Morgan fingerprint density at radius 1 is 0.531 bits per heavy atom. The van der Waals surface area contributed by atoms with Crippen molar-refractivity contribution in [3.63, 3.8) is 0 Å². The summed E-state index contributed by atoms with van der Waals surface area (Å²) >= 11 is 0. The van der Waals surface area contributed by atoms with Gasteiger partial charge in [-0.2, -0.15) is 0 Å². The van der Waals surface area contributed by atoms with E-state index in [2.05, 4.69) is 94.6 Å². The zero-order valence-electron chi connectivity index (χ0n) is 28.8. The summed E-state index contributed by atoms with van der Waals surface area (Å²) in [5.74, 6) is 4.62. The van der Waals surface area contributed by atoms with E-state index in [1.54, 1.807) is 0 Å². The topological polar surface area (TPSA) is 32.6 Å². The van der Waals surface area contributed by atoms with E-state index in [0.717, 1.165) is 51.0 Å². The van der Waals surface area contributed by atoms with Crippen LogP contribution in [0.5, 0.6) is 34.5 Å². The van der Waals surface area contributed by atoms with E-state index < -0.39 is 0 Å². The molecule has 0 saturated carbocycles. The number of para-hydroxylation sites is 2. The minimum atomic E-state index is -0.0984. The SMILES string of the molecule is CC(C)(C)c1ccc2c(c1)c1cc(C(C)(C)C)cc3c1n2B1c2ccc(Oc4ccccc4)cc2Oc2cc(Oc4ccccc4)cc-3c21. The molecule has 4 nitrogen and oxygen atoms in total. The maximum atomic E-state index is 6.87. The predicted molar refractivity (Wildman–Crippen MR) is 202 cm³/mol. The zero-order chi connectivity index (χ0) is 33.7. The number of hydrogen-bond acceptors (Lipinski definition) is 3. The second-order valence-corrected chi connectivity index (χ2v) is 15.4. The summed E-state index contributed by atoms with van der Waals surface area (Å²) in [5, 5.41) is 2.56. The Morgan fingerprint density at radius 3 is 1.84 bits per heavy atom. The fourth-order valence-corrected chi connectivity index (χ4v) is 7.49. The average Bonchev–Trinajstić information content (AvgIpc) is 3.40. The Bertz CT molecular complexity index is 2430. The molecule has 5 heteroatoms. The summed E-state index contributed by atoms with van der Waals surface area (Å²) in [7, 11) is 0. The Kier molecular flexibility index (Phi) is 6.39. The van der Waals surface area contributed by atoms with E-state index in [0.29, 0.717) is 0 Å². The first-order valence-corrected chi connectivity index (χ1v) is 17.1. The van der Waals surface area contributed by atoms with E-state index in [4.69, 9.17) is 14.2 Å². The Balaban J connectivity index is 1.35. The summed E-state index contributed by atoms with van der Waals surface area (Å²) in [6, 6.07) is 42.2. The van der Waals surface area contributed by atoms with Gasteiger partial charge in [0, 0.05) is 45.0 Å². The smallest absolute Gasteiger partial charge is 0.336 e. The largest absolute Gasteiger partial charge is 0.458 e. The van der Waals surface area contributed by atoms with Gasteiger partial charge in [0.2, 0.25) is 0 Å². The fraction of sp³-hybridized carbons (Fsp3) is 0.182. The van der Waals surface area contributed by atoms with Crippen LogP contribution in [-0.2, 0) is 10.8 Å². The van der Waals surface area contributed by atoms with Crippen LogP contribution in [0, 0.1) is 0 Å². The van der Waals surface area contributed by atoms with Gasteiger partial charge in [-0.15, -0.1) is 0 Å². The van der Waals surface area contributed by atoms with Crippen LogP contribution in [0.15, 0.2) is 121 Å². The van der Waals surface area contributed by atoms with Crippen molar-refractivity contribution in [2.75, 3.05) is 0 Å². The minimum absolute atomic E-state index is 0.0213. The highest BCUT2D eigenvalue weighted by atomic mass is 16.5. The fourth-order valence-electron chi connectivity index (χ4n) is 7.49. The van der Waals surface area contributed by atoms with Crippen molar-refractivity contribution in [2.24, 2.45) is 0 Å². The van der Waals surface area contributed by atoms with Gasteiger partial charge in [0.1, 0.15) is 34.5 Å². The molecule has 0 amide bonds. The molecule has 6 aromatic carbocycles. The minimum Gasteiger partial charge on any atom is -0.458 e. The van der Waals surface area contributed by atoms with E-state index >= 15 is 0 Å². The first-order chi connectivity index (χ1) is 23.5. The van der Waals surface area contributed by atoms with Crippen LogP contribution in [0.4, 0.5) is 0 Å². The standard InChI is InChI=1S/C44H38BNO3/c1-43(2,3)27-17-20-38-33(21-27)35-22-28(44(4,5)6)23-36-34-24-32(48-30-15-11-8-12-16-30)26-40-41(34)45(46(38)42(35)36)37-19-18-31(25-39(37)49-40)47-29-13-9-7-10-14-29/h7-26H,1-6H3. The van der Waals surface area contributed by atoms with E-state index in [1.807, 2.05) is 72.8 Å². The Hall–Kier alpha value is -5.42. The van der Waals surface area contributed by atoms with E-state index in [-0.39, 0.29) is 17.7 Å². The van der Waals surface area contributed by atoms with Gasteiger partial charge in [-0.3, -0.25) is 0 Å². The third kappa shape index (κ3) is 4.82. The van der Waals surface area contributed by atoms with Gasteiger partial charge in [-0.1, -0.05) is 90.1 Å². The normalized spacial score (nSPS) is 13.2. The first kappa shape index (κ1) is 29.7. The molecule has 0 atom stereocenters. The van der Waals surface area contributed by atoms with E-state index in [1.165, 1.54) is 38.5 Å². The van der Waals surface area contributed by atoms with Crippen LogP contribution in [0.1, 0.15) is 52.7 Å². The van der Waals surface area contributed by atoms with Crippen molar-refractivity contribution < 1.29 is 14.2 Å². The number of hydrogen-bond donors (Lipinski definition) is 0. The van der Waals surface area contributed by atoms with Crippen molar-refractivity contribution >= 4 is 39.6 Å². The quantitative estimate of drug-likeness (QED) is 0.180. The van der Waals surface area contributed by atoms with Crippen LogP contribution in [0.2, 0.25) is 0 Å². The van der Waals surface area contributed by atoms with Crippen LogP contribution < -0.4 is 25.1 Å². The maximum Gasteiger partial charge on any atom is 0.336 e. The number of aromatic nitrogens is 1. The lowest BCUT2D eigenvalue weighted by atomic mass is 9.46. The third-order valence-electron chi connectivity index (χ3n) is 10.0. The summed E-state index contributed by atoms with van der Waals surface area (Å²) in [6.45, 7) is 13.7. The molecule has 240 valence electrons. The molecule has 0 saturated heterocycles. The molecule has 0 radical (unpaired) electrons. The van der Waals surface area contributed by atoms with Crippen LogP contribution in [0.3, 0.4) is 0 Å². The van der Waals surface area contributed by atoms with Crippen molar-refractivity contribution in [2.45, 2.75) is 52.4 Å². The molecule has 0 bridgehead atoms. The average molecular weight is 640 g/mol.